The minimum absolute atomic E-state index is 0.0279. The molecule has 1 atom stereocenters. The van der Waals surface area contributed by atoms with Crippen molar-refractivity contribution in [3.63, 3.8) is 0 Å². The second kappa shape index (κ2) is 5.35. The van der Waals surface area contributed by atoms with Gasteiger partial charge in [-0.3, -0.25) is 4.79 Å². The van der Waals surface area contributed by atoms with Gasteiger partial charge in [0.1, 0.15) is 0 Å². The van der Waals surface area contributed by atoms with E-state index in [2.05, 4.69) is 24.3 Å². The minimum Gasteiger partial charge on any atom is -0.349 e. The zero-order chi connectivity index (χ0) is 14.9. The number of amides is 1. The molecule has 1 fully saturated rings. The maximum atomic E-state index is 12.3. The highest BCUT2D eigenvalue weighted by Gasteiger charge is 2.31. The van der Waals surface area contributed by atoms with Crippen molar-refractivity contribution in [1.82, 2.24) is 15.1 Å². The van der Waals surface area contributed by atoms with Crippen LogP contribution in [0.3, 0.4) is 0 Å². The number of nitrogens with zero attached hydrogens (tertiary/aromatic N) is 2. The molecule has 1 aromatic carbocycles. The summed E-state index contributed by atoms with van der Waals surface area (Å²) in [5, 5.41) is 7.39. The predicted molar refractivity (Wildman–Crippen MR) is 82.5 cm³/mol. The fraction of sp³-hybridized carbons (Fsp3) is 0.412. The highest BCUT2D eigenvalue weighted by Crippen LogP contribution is 2.36. The molecule has 1 aliphatic carbocycles. The molecule has 1 saturated carbocycles. The van der Waals surface area contributed by atoms with E-state index in [1.54, 1.807) is 17.1 Å². The summed E-state index contributed by atoms with van der Waals surface area (Å²) >= 11 is 0. The number of carbonyl (C=O) groups is 1. The lowest BCUT2D eigenvalue weighted by molar-refractivity contribution is 0.0936. The summed E-state index contributed by atoms with van der Waals surface area (Å²) in [6, 6.07) is 10.1. The Morgan fingerprint density at radius 3 is 2.76 bits per heavy atom. The maximum absolute atomic E-state index is 12.3. The molecule has 4 nitrogen and oxygen atoms in total. The normalized spacial score (nSPS) is 20.4. The Morgan fingerprint density at radius 2 is 2.10 bits per heavy atom. The summed E-state index contributed by atoms with van der Waals surface area (Å²) in [4.78, 5) is 12.3. The second-order valence-corrected chi connectivity index (χ2v) is 6.59. The van der Waals surface area contributed by atoms with Crippen molar-refractivity contribution in [2.24, 2.45) is 5.41 Å². The lowest BCUT2D eigenvalue weighted by Crippen LogP contribution is -2.33. The van der Waals surface area contributed by atoms with Gasteiger partial charge in [-0.15, -0.1) is 0 Å². The Hall–Kier alpha value is -2.10. The summed E-state index contributed by atoms with van der Waals surface area (Å²) in [5.74, 6) is -0.0279. The average molecular weight is 283 g/mol. The van der Waals surface area contributed by atoms with Gasteiger partial charge in [0.15, 0.2) is 0 Å². The molecule has 1 aromatic heterocycles. The first-order valence-electron chi connectivity index (χ1n) is 7.44. The molecule has 2 aromatic rings. The monoisotopic (exact) mass is 283 g/mol. The van der Waals surface area contributed by atoms with Crippen LogP contribution in [0.1, 0.15) is 43.5 Å². The van der Waals surface area contributed by atoms with Gasteiger partial charge in [-0.05, 0) is 36.8 Å². The third kappa shape index (κ3) is 3.15. The number of carbonyl (C=O) groups excluding carboxylic acids is 1. The van der Waals surface area contributed by atoms with Gasteiger partial charge in [0.25, 0.3) is 5.91 Å². The molecule has 3 rings (SSSR count). The van der Waals surface area contributed by atoms with Crippen LogP contribution in [0, 0.1) is 5.41 Å². The van der Waals surface area contributed by atoms with Crippen molar-refractivity contribution < 1.29 is 4.79 Å². The van der Waals surface area contributed by atoms with Crippen LogP contribution in [0.2, 0.25) is 0 Å². The van der Waals surface area contributed by atoms with Crippen LogP contribution in [0.25, 0.3) is 5.69 Å². The van der Waals surface area contributed by atoms with Gasteiger partial charge in [0.05, 0.1) is 17.4 Å². The van der Waals surface area contributed by atoms with Crippen molar-refractivity contribution >= 4 is 5.91 Å². The lowest BCUT2D eigenvalue weighted by atomic mass is 9.92. The van der Waals surface area contributed by atoms with E-state index in [9.17, 15) is 4.79 Å². The van der Waals surface area contributed by atoms with Gasteiger partial charge in [0.2, 0.25) is 0 Å². The maximum Gasteiger partial charge on any atom is 0.254 e. The SMILES string of the molecule is CC1(C)CCC(NC(=O)c2cnn(-c3ccccc3)c2)C1. The fourth-order valence-electron chi connectivity index (χ4n) is 2.99. The molecule has 110 valence electrons. The molecule has 0 radical (unpaired) electrons. The van der Waals surface area contributed by atoms with Crippen molar-refractivity contribution in [2.45, 2.75) is 39.2 Å². The molecule has 0 bridgehead atoms. The quantitative estimate of drug-likeness (QED) is 0.940. The smallest absolute Gasteiger partial charge is 0.254 e. The minimum atomic E-state index is -0.0279. The van der Waals surface area contributed by atoms with Crippen LogP contribution >= 0.6 is 0 Å². The third-order valence-corrected chi connectivity index (χ3v) is 4.17. The number of rotatable bonds is 3. The molecule has 21 heavy (non-hydrogen) atoms. The fourth-order valence-corrected chi connectivity index (χ4v) is 2.99. The molecule has 1 heterocycles. The Kier molecular flexibility index (Phi) is 3.53. The Bertz CT molecular complexity index is 630. The molecular weight excluding hydrogens is 262 g/mol. The van der Waals surface area contributed by atoms with Gasteiger partial charge in [-0.25, -0.2) is 4.68 Å². The number of hydrogen-bond donors (Lipinski definition) is 1. The summed E-state index contributed by atoms with van der Waals surface area (Å²) < 4.78 is 1.73. The Morgan fingerprint density at radius 1 is 1.33 bits per heavy atom. The summed E-state index contributed by atoms with van der Waals surface area (Å²) in [7, 11) is 0. The van der Waals surface area contributed by atoms with Crippen LogP contribution in [-0.4, -0.2) is 21.7 Å². The first-order chi connectivity index (χ1) is 10.0. The van der Waals surface area contributed by atoms with Crippen molar-refractivity contribution in [3.05, 3.63) is 48.3 Å². The van der Waals surface area contributed by atoms with Crippen LogP contribution in [0.5, 0.6) is 0 Å². The summed E-state index contributed by atoms with van der Waals surface area (Å²) in [6.07, 6.45) is 6.69. The standard InChI is InChI=1S/C17H21N3O/c1-17(2)9-8-14(10-17)19-16(21)13-11-18-20(12-13)15-6-4-3-5-7-15/h3-7,11-12,14H,8-10H2,1-2H3,(H,19,21). The van der Waals surface area contributed by atoms with Crippen molar-refractivity contribution in [2.75, 3.05) is 0 Å². The van der Waals surface area contributed by atoms with Crippen LogP contribution in [0.15, 0.2) is 42.7 Å². The van der Waals surface area contributed by atoms with E-state index >= 15 is 0 Å². The average Bonchev–Trinajstić information content (AvgIpc) is 3.07. The number of aromatic nitrogens is 2. The highest BCUT2D eigenvalue weighted by atomic mass is 16.1. The van der Waals surface area contributed by atoms with E-state index in [0.717, 1.165) is 18.5 Å². The van der Waals surface area contributed by atoms with Crippen molar-refractivity contribution in [3.8, 4) is 5.69 Å². The van der Waals surface area contributed by atoms with Gasteiger partial charge < -0.3 is 5.32 Å². The number of hydrogen-bond acceptors (Lipinski definition) is 2. The van der Waals surface area contributed by atoms with Gasteiger partial charge >= 0.3 is 0 Å². The van der Waals surface area contributed by atoms with Crippen molar-refractivity contribution in [1.29, 1.82) is 0 Å². The van der Waals surface area contributed by atoms with E-state index in [4.69, 9.17) is 0 Å². The van der Waals surface area contributed by atoms with Crippen LogP contribution < -0.4 is 5.32 Å². The third-order valence-electron chi connectivity index (χ3n) is 4.17. The zero-order valence-electron chi connectivity index (χ0n) is 12.5. The number of benzene rings is 1. The molecule has 1 unspecified atom stereocenters. The second-order valence-electron chi connectivity index (χ2n) is 6.59. The predicted octanol–water partition coefficient (Wildman–Crippen LogP) is 3.18. The molecule has 0 spiro atoms. The molecule has 4 heteroatoms. The van der Waals surface area contributed by atoms with E-state index < -0.39 is 0 Å². The molecule has 0 aliphatic heterocycles. The molecule has 1 amide bonds. The molecule has 1 N–H and O–H groups in total. The van der Waals surface area contributed by atoms with Crippen LogP contribution in [-0.2, 0) is 0 Å². The zero-order valence-corrected chi connectivity index (χ0v) is 12.5. The van der Waals surface area contributed by atoms with E-state index in [0.29, 0.717) is 11.0 Å². The highest BCUT2D eigenvalue weighted by molar-refractivity contribution is 5.94. The summed E-state index contributed by atoms with van der Waals surface area (Å²) in [6.45, 7) is 4.51. The van der Waals surface area contributed by atoms with E-state index in [-0.39, 0.29) is 11.9 Å². The van der Waals surface area contributed by atoms with Gasteiger partial charge in [0, 0.05) is 12.2 Å². The van der Waals surface area contributed by atoms with E-state index in [1.807, 2.05) is 30.3 Å². The number of para-hydroxylation sites is 1. The molecule has 0 saturated heterocycles. The van der Waals surface area contributed by atoms with Crippen LogP contribution in [0.4, 0.5) is 0 Å². The molecule has 1 aliphatic rings. The number of nitrogens with one attached hydrogen (secondary N) is 1. The van der Waals surface area contributed by atoms with E-state index in [1.165, 1.54) is 6.42 Å². The first-order valence-corrected chi connectivity index (χ1v) is 7.44. The first kappa shape index (κ1) is 13.9. The van der Waals surface area contributed by atoms with Gasteiger partial charge in [-0.1, -0.05) is 32.0 Å². The topological polar surface area (TPSA) is 46.9 Å². The Balaban J connectivity index is 1.68. The largest absolute Gasteiger partial charge is 0.349 e. The lowest BCUT2D eigenvalue weighted by Gasteiger charge is -2.17. The summed E-state index contributed by atoms with van der Waals surface area (Å²) in [5.41, 5.74) is 1.91. The molecular formula is C17H21N3O. The Labute approximate surface area is 125 Å². The van der Waals surface area contributed by atoms with Gasteiger partial charge in [-0.2, -0.15) is 5.10 Å².